The van der Waals surface area contributed by atoms with Gasteiger partial charge in [0, 0.05) is 5.69 Å². The summed E-state index contributed by atoms with van der Waals surface area (Å²) in [4.78, 5) is 23.1. The summed E-state index contributed by atoms with van der Waals surface area (Å²) < 4.78 is 175. The van der Waals surface area contributed by atoms with Crippen LogP contribution in [0.3, 0.4) is 0 Å². The molecule has 0 saturated carbocycles. The van der Waals surface area contributed by atoms with E-state index in [1.807, 2.05) is 0 Å². The third-order valence-corrected chi connectivity index (χ3v) is 3.94. The van der Waals surface area contributed by atoms with E-state index in [9.17, 15) is 66.7 Å². The summed E-state index contributed by atoms with van der Waals surface area (Å²) in [5.41, 5.74) is -1.18. The van der Waals surface area contributed by atoms with Crippen molar-refractivity contribution in [2.75, 3.05) is 5.32 Å². The maximum atomic E-state index is 13.8. The van der Waals surface area contributed by atoms with E-state index in [0.717, 1.165) is 17.4 Å². The number of halogens is 13. The second-order valence-electron chi connectivity index (χ2n) is 6.86. The standard InChI is InChI=1S/C17H12F13NO3/c1-7(2)34-10(32)8-3-5-9(6-4-8)31-11(33)12(18,19)13(20,21)14(22,23)15(24,25)16(26,27)17(28,29)30/h3-7H,1-2H3,(H,31,33). The number of hydrogen-bond donors (Lipinski definition) is 1. The number of anilines is 1. The van der Waals surface area contributed by atoms with E-state index in [2.05, 4.69) is 0 Å². The lowest BCUT2D eigenvalue weighted by Gasteiger charge is -2.39. The minimum Gasteiger partial charge on any atom is -0.459 e. The summed E-state index contributed by atoms with van der Waals surface area (Å²) in [6.45, 7) is 2.89. The minimum atomic E-state index is -8.11. The monoisotopic (exact) mass is 525 g/mol. The molecule has 0 atom stereocenters. The summed E-state index contributed by atoms with van der Waals surface area (Å²) in [5, 5.41) is 0.879. The maximum Gasteiger partial charge on any atom is 0.460 e. The molecule has 0 aliphatic heterocycles. The summed E-state index contributed by atoms with van der Waals surface area (Å²) in [6, 6.07) is 2.69. The van der Waals surface area contributed by atoms with Crippen molar-refractivity contribution in [1.82, 2.24) is 0 Å². The first-order valence-corrected chi connectivity index (χ1v) is 8.53. The Morgan fingerprint density at radius 1 is 0.706 bits per heavy atom. The van der Waals surface area contributed by atoms with Crippen molar-refractivity contribution in [3.63, 3.8) is 0 Å². The fourth-order valence-corrected chi connectivity index (χ4v) is 2.09. The van der Waals surface area contributed by atoms with Crippen molar-refractivity contribution < 1.29 is 71.4 Å². The Hall–Kier alpha value is -2.75. The number of ether oxygens (including phenoxy) is 1. The molecule has 34 heavy (non-hydrogen) atoms. The molecule has 4 nitrogen and oxygen atoms in total. The fraction of sp³-hybridized carbons (Fsp3) is 0.529. The predicted octanol–water partition coefficient (Wildman–Crippen LogP) is 5.93. The maximum absolute atomic E-state index is 13.8. The van der Waals surface area contributed by atoms with Crippen molar-refractivity contribution in [3.05, 3.63) is 29.8 Å². The van der Waals surface area contributed by atoms with Crippen LogP contribution in [0, 0.1) is 0 Å². The number of rotatable bonds is 8. The number of carbonyl (C=O) groups is 2. The van der Waals surface area contributed by atoms with Crippen LogP contribution in [0.1, 0.15) is 24.2 Å². The Morgan fingerprint density at radius 2 is 1.12 bits per heavy atom. The van der Waals surface area contributed by atoms with Crippen LogP contribution in [0.2, 0.25) is 0 Å². The Morgan fingerprint density at radius 3 is 1.50 bits per heavy atom. The molecule has 1 aromatic rings. The number of carbonyl (C=O) groups excluding carboxylic acids is 2. The van der Waals surface area contributed by atoms with Crippen LogP contribution in [0.4, 0.5) is 62.8 Å². The smallest absolute Gasteiger partial charge is 0.459 e. The lowest BCUT2D eigenvalue weighted by Crippen LogP contribution is -2.71. The van der Waals surface area contributed by atoms with E-state index in [0.29, 0.717) is 12.1 Å². The second kappa shape index (κ2) is 8.79. The lowest BCUT2D eigenvalue weighted by molar-refractivity contribution is -0.435. The molecule has 0 saturated heterocycles. The molecule has 1 N–H and O–H groups in total. The topological polar surface area (TPSA) is 55.4 Å². The largest absolute Gasteiger partial charge is 0.460 e. The molecule has 0 radical (unpaired) electrons. The van der Waals surface area contributed by atoms with E-state index < -0.39 is 59.5 Å². The van der Waals surface area contributed by atoms with Gasteiger partial charge in [-0.3, -0.25) is 4.79 Å². The number of amides is 1. The van der Waals surface area contributed by atoms with Gasteiger partial charge in [0.15, 0.2) is 0 Å². The Kier molecular flexibility index (Phi) is 7.57. The van der Waals surface area contributed by atoms with Crippen molar-refractivity contribution in [2.24, 2.45) is 0 Å². The second-order valence-corrected chi connectivity index (χ2v) is 6.86. The molecule has 1 aromatic carbocycles. The number of benzene rings is 1. The minimum absolute atomic E-state index is 0.274. The van der Waals surface area contributed by atoms with Crippen molar-refractivity contribution in [3.8, 4) is 0 Å². The number of nitrogens with one attached hydrogen (secondary N) is 1. The van der Waals surface area contributed by atoms with Crippen LogP contribution >= 0.6 is 0 Å². The van der Waals surface area contributed by atoms with Gasteiger partial charge in [0.1, 0.15) is 0 Å². The molecule has 0 spiro atoms. The van der Waals surface area contributed by atoms with E-state index in [4.69, 9.17) is 4.74 Å². The van der Waals surface area contributed by atoms with Crippen LogP contribution < -0.4 is 5.32 Å². The number of esters is 1. The third-order valence-electron chi connectivity index (χ3n) is 3.94. The molecule has 1 rings (SSSR count). The highest BCUT2D eigenvalue weighted by Crippen LogP contribution is 2.60. The summed E-state index contributed by atoms with van der Waals surface area (Å²) in [5.74, 6) is -43.2. The van der Waals surface area contributed by atoms with E-state index in [1.165, 1.54) is 13.8 Å². The van der Waals surface area contributed by atoms with Crippen molar-refractivity contribution in [1.29, 1.82) is 0 Å². The molecule has 0 heterocycles. The average Bonchev–Trinajstić information content (AvgIpc) is 2.66. The molecular weight excluding hydrogens is 513 g/mol. The molecule has 0 aliphatic rings. The van der Waals surface area contributed by atoms with Gasteiger partial charge in [0.25, 0.3) is 0 Å². The van der Waals surface area contributed by atoms with Crippen LogP contribution in [-0.2, 0) is 9.53 Å². The highest BCUT2D eigenvalue weighted by Gasteiger charge is 2.91. The van der Waals surface area contributed by atoms with Gasteiger partial charge in [-0.15, -0.1) is 0 Å². The SMILES string of the molecule is CC(C)OC(=O)c1ccc(NC(=O)C(F)(F)C(F)(F)C(F)(F)C(F)(F)C(F)(F)C(F)(F)F)cc1. The van der Waals surface area contributed by atoms with E-state index in [-0.39, 0.29) is 5.56 Å². The van der Waals surface area contributed by atoms with Crippen LogP contribution in [-0.4, -0.2) is 53.8 Å². The van der Waals surface area contributed by atoms with Gasteiger partial charge in [0.05, 0.1) is 11.7 Å². The zero-order chi connectivity index (χ0) is 27.1. The first kappa shape index (κ1) is 29.3. The van der Waals surface area contributed by atoms with E-state index in [1.54, 1.807) is 0 Å². The first-order valence-electron chi connectivity index (χ1n) is 8.53. The zero-order valence-corrected chi connectivity index (χ0v) is 16.5. The molecule has 0 bridgehead atoms. The molecule has 1 amide bonds. The van der Waals surface area contributed by atoms with Crippen molar-refractivity contribution >= 4 is 17.6 Å². The van der Waals surface area contributed by atoms with Gasteiger partial charge in [-0.25, -0.2) is 4.79 Å². The molecule has 0 unspecified atom stereocenters. The Bertz CT molecular complexity index is 908. The molecule has 17 heteroatoms. The van der Waals surface area contributed by atoms with Gasteiger partial charge >= 0.3 is 47.7 Å². The molecule has 0 aliphatic carbocycles. The fourth-order valence-electron chi connectivity index (χ4n) is 2.09. The highest BCUT2D eigenvalue weighted by molar-refractivity contribution is 5.97. The van der Waals surface area contributed by atoms with Crippen LogP contribution in [0.5, 0.6) is 0 Å². The van der Waals surface area contributed by atoms with Gasteiger partial charge < -0.3 is 10.1 Å². The summed E-state index contributed by atoms with van der Waals surface area (Å²) in [7, 11) is 0. The quantitative estimate of drug-likeness (QED) is 0.338. The Balaban J connectivity index is 3.26. The molecule has 194 valence electrons. The van der Waals surface area contributed by atoms with Crippen LogP contribution in [0.25, 0.3) is 0 Å². The molecule has 0 aromatic heterocycles. The van der Waals surface area contributed by atoms with Crippen molar-refractivity contribution in [2.45, 2.75) is 55.7 Å². The number of hydrogen-bond acceptors (Lipinski definition) is 3. The summed E-state index contributed by atoms with van der Waals surface area (Å²) >= 11 is 0. The van der Waals surface area contributed by atoms with Crippen LogP contribution in [0.15, 0.2) is 24.3 Å². The highest BCUT2D eigenvalue weighted by atomic mass is 19.4. The number of alkyl halides is 13. The molecule has 0 fully saturated rings. The third kappa shape index (κ3) is 4.73. The van der Waals surface area contributed by atoms with Gasteiger partial charge in [0.2, 0.25) is 0 Å². The van der Waals surface area contributed by atoms with E-state index >= 15 is 0 Å². The lowest BCUT2D eigenvalue weighted by atomic mass is 9.93. The van der Waals surface area contributed by atoms with Gasteiger partial charge in [-0.05, 0) is 38.1 Å². The molecular formula is C17H12F13NO3. The predicted molar refractivity (Wildman–Crippen MR) is 86.4 cm³/mol. The first-order chi connectivity index (χ1) is 14.9. The van der Waals surface area contributed by atoms with Gasteiger partial charge in [-0.2, -0.15) is 57.1 Å². The zero-order valence-electron chi connectivity index (χ0n) is 16.5. The average molecular weight is 525 g/mol. The Labute approximate surface area is 181 Å². The normalized spacial score (nSPS) is 14.2. The van der Waals surface area contributed by atoms with Gasteiger partial charge in [-0.1, -0.05) is 0 Å². The summed E-state index contributed by atoms with van der Waals surface area (Å²) in [6.07, 6.45) is -8.16.